The zero-order chi connectivity index (χ0) is 6.85. The summed E-state index contributed by atoms with van der Waals surface area (Å²) in [6.07, 6.45) is 2.71. The lowest BCUT2D eigenvalue weighted by molar-refractivity contribution is -0.905. The standard InChI is InChI=1S/C5H10N2O2/c1-5-4-6(8)2-3-7(5)9/h2-3,5-7H,4H2,1H3. The smallest absolute Gasteiger partial charge is 0.149 e. The predicted octanol–water partition coefficient (Wildman–Crippen LogP) is -2.37. The number of rotatable bonds is 0. The molecule has 1 aliphatic rings. The van der Waals surface area contributed by atoms with Gasteiger partial charge in [-0.15, -0.1) is 0 Å². The van der Waals surface area contributed by atoms with Crippen molar-refractivity contribution in [3.05, 3.63) is 22.8 Å². The van der Waals surface area contributed by atoms with Gasteiger partial charge in [0.1, 0.15) is 25.0 Å². The minimum atomic E-state index is -0.0949. The van der Waals surface area contributed by atoms with Gasteiger partial charge in [-0.1, -0.05) is 0 Å². The fourth-order valence-corrected chi connectivity index (χ4v) is 0.810. The Bertz CT molecular complexity index is 126. The van der Waals surface area contributed by atoms with E-state index in [9.17, 15) is 10.4 Å². The van der Waals surface area contributed by atoms with Crippen LogP contribution in [0.4, 0.5) is 0 Å². The second-order valence-corrected chi connectivity index (χ2v) is 2.31. The van der Waals surface area contributed by atoms with Crippen LogP contribution in [0.5, 0.6) is 0 Å². The zero-order valence-corrected chi connectivity index (χ0v) is 5.26. The lowest BCUT2D eigenvalue weighted by Gasteiger charge is -2.32. The third-order valence-electron chi connectivity index (χ3n) is 1.43. The number of hydrogen-bond donors (Lipinski definition) is 2. The second kappa shape index (κ2) is 2.45. The topological polar surface area (TPSA) is 55.0 Å². The van der Waals surface area contributed by atoms with E-state index in [-0.39, 0.29) is 16.2 Å². The SMILES string of the molecule is CC1C[NH+]([O-])C=C[NH+]1[O-]. The van der Waals surface area contributed by atoms with Crippen LogP contribution in [-0.2, 0) is 0 Å². The molecule has 0 aromatic carbocycles. The molecule has 0 radical (unpaired) electrons. The molecule has 52 valence electrons. The average molecular weight is 130 g/mol. The van der Waals surface area contributed by atoms with Crippen molar-refractivity contribution in [1.29, 1.82) is 0 Å². The number of hydrogen-bond acceptors (Lipinski definition) is 2. The second-order valence-electron chi connectivity index (χ2n) is 2.31. The van der Waals surface area contributed by atoms with E-state index in [0.29, 0.717) is 6.54 Å². The first-order chi connectivity index (χ1) is 4.20. The first kappa shape index (κ1) is 6.70. The van der Waals surface area contributed by atoms with Crippen LogP contribution in [-0.4, -0.2) is 12.6 Å². The molecule has 3 unspecified atom stereocenters. The van der Waals surface area contributed by atoms with E-state index in [2.05, 4.69) is 0 Å². The third kappa shape index (κ3) is 1.49. The molecule has 2 N–H and O–H groups in total. The molecule has 4 nitrogen and oxygen atoms in total. The Hall–Kier alpha value is -0.420. The highest BCUT2D eigenvalue weighted by Crippen LogP contribution is 1.71. The van der Waals surface area contributed by atoms with Crippen LogP contribution in [0.2, 0.25) is 0 Å². The summed E-state index contributed by atoms with van der Waals surface area (Å²) in [5.41, 5.74) is 0. The van der Waals surface area contributed by atoms with Gasteiger partial charge in [0.05, 0.1) is 0 Å². The molecule has 0 saturated heterocycles. The normalized spacial score (nSPS) is 43.2. The summed E-state index contributed by atoms with van der Waals surface area (Å²) in [6, 6.07) is -0.0949. The highest BCUT2D eigenvalue weighted by Gasteiger charge is 2.15. The first-order valence-corrected chi connectivity index (χ1v) is 2.95. The van der Waals surface area contributed by atoms with Crippen molar-refractivity contribution < 1.29 is 10.1 Å². The Labute approximate surface area is 53.5 Å². The van der Waals surface area contributed by atoms with Crippen LogP contribution < -0.4 is 10.1 Å². The summed E-state index contributed by atoms with van der Waals surface area (Å²) in [6.45, 7) is 2.15. The van der Waals surface area contributed by atoms with Gasteiger partial charge in [-0.25, -0.2) is 0 Å². The van der Waals surface area contributed by atoms with E-state index in [0.717, 1.165) is 0 Å². The van der Waals surface area contributed by atoms with Crippen molar-refractivity contribution in [2.24, 2.45) is 0 Å². The van der Waals surface area contributed by atoms with Gasteiger partial charge in [-0.3, -0.25) is 0 Å². The van der Waals surface area contributed by atoms with Crippen molar-refractivity contribution in [1.82, 2.24) is 0 Å². The third-order valence-corrected chi connectivity index (χ3v) is 1.43. The van der Waals surface area contributed by atoms with Gasteiger partial charge < -0.3 is 20.5 Å². The van der Waals surface area contributed by atoms with E-state index in [1.165, 1.54) is 12.4 Å². The molecule has 0 fully saturated rings. The van der Waals surface area contributed by atoms with E-state index in [1.54, 1.807) is 6.92 Å². The Morgan fingerprint density at radius 3 is 2.56 bits per heavy atom. The highest BCUT2D eigenvalue weighted by atomic mass is 16.5. The van der Waals surface area contributed by atoms with E-state index in [1.807, 2.05) is 0 Å². The maximum absolute atomic E-state index is 10.7. The molecule has 1 heterocycles. The quantitative estimate of drug-likeness (QED) is 0.360. The number of quaternary nitrogens is 2. The first-order valence-electron chi connectivity index (χ1n) is 2.95. The fraction of sp³-hybridized carbons (Fsp3) is 0.600. The van der Waals surface area contributed by atoms with Crippen molar-refractivity contribution in [3.63, 3.8) is 0 Å². The van der Waals surface area contributed by atoms with E-state index in [4.69, 9.17) is 0 Å². The van der Waals surface area contributed by atoms with E-state index >= 15 is 0 Å². The van der Waals surface area contributed by atoms with E-state index < -0.39 is 0 Å². The molecule has 0 aromatic heterocycles. The van der Waals surface area contributed by atoms with Crippen LogP contribution >= 0.6 is 0 Å². The Morgan fingerprint density at radius 1 is 1.44 bits per heavy atom. The van der Waals surface area contributed by atoms with Gasteiger partial charge in [-0.05, 0) is 6.92 Å². The van der Waals surface area contributed by atoms with Gasteiger partial charge in [0.25, 0.3) is 0 Å². The number of nitrogens with one attached hydrogen (secondary N) is 2. The molecule has 1 aliphatic heterocycles. The summed E-state index contributed by atoms with van der Waals surface area (Å²) in [5.74, 6) is 0. The van der Waals surface area contributed by atoms with Crippen molar-refractivity contribution in [2.45, 2.75) is 13.0 Å². The lowest BCUT2D eigenvalue weighted by Crippen LogP contribution is -3.19. The minimum absolute atomic E-state index is 0.0575. The maximum Gasteiger partial charge on any atom is 0.149 e. The molecule has 0 aliphatic carbocycles. The molecule has 0 bridgehead atoms. The molecule has 9 heavy (non-hydrogen) atoms. The average Bonchev–Trinajstić information content (AvgIpc) is 1.80. The largest absolute Gasteiger partial charge is 0.629 e. The zero-order valence-electron chi connectivity index (χ0n) is 5.26. The van der Waals surface area contributed by atoms with Crippen LogP contribution in [0.1, 0.15) is 6.92 Å². The van der Waals surface area contributed by atoms with Gasteiger partial charge >= 0.3 is 0 Å². The summed E-state index contributed by atoms with van der Waals surface area (Å²) >= 11 is 0. The molecule has 0 spiro atoms. The molecular formula is C5H10N2O2. The summed E-state index contributed by atoms with van der Waals surface area (Å²) in [4.78, 5) is 0. The Balaban J connectivity index is 2.54. The van der Waals surface area contributed by atoms with Crippen molar-refractivity contribution in [2.75, 3.05) is 6.54 Å². The van der Waals surface area contributed by atoms with Crippen molar-refractivity contribution in [3.8, 4) is 0 Å². The Kier molecular flexibility index (Phi) is 1.82. The summed E-state index contributed by atoms with van der Waals surface area (Å²) in [5, 5.41) is 21.4. The van der Waals surface area contributed by atoms with Crippen LogP contribution in [0.3, 0.4) is 0 Å². The predicted molar refractivity (Wildman–Crippen MR) is 32.1 cm³/mol. The monoisotopic (exact) mass is 130 g/mol. The molecular weight excluding hydrogens is 120 g/mol. The number of hydroxylamine groups is 4. The highest BCUT2D eigenvalue weighted by molar-refractivity contribution is 4.65. The van der Waals surface area contributed by atoms with Crippen LogP contribution in [0.25, 0.3) is 0 Å². The fourth-order valence-electron chi connectivity index (χ4n) is 0.810. The molecule has 0 amide bonds. The molecule has 0 aromatic rings. The summed E-state index contributed by atoms with van der Waals surface area (Å²) in [7, 11) is 0. The minimum Gasteiger partial charge on any atom is -0.629 e. The molecule has 0 saturated carbocycles. The van der Waals surface area contributed by atoms with Crippen molar-refractivity contribution >= 4 is 0 Å². The van der Waals surface area contributed by atoms with Crippen LogP contribution in [0.15, 0.2) is 12.4 Å². The van der Waals surface area contributed by atoms with Gasteiger partial charge in [0, 0.05) is 0 Å². The van der Waals surface area contributed by atoms with Gasteiger partial charge in [0.2, 0.25) is 0 Å². The molecule has 4 heteroatoms. The van der Waals surface area contributed by atoms with Gasteiger partial charge in [0.15, 0.2) is 0 Å². The molecule has 1 rings (SSSR count). The van der Waals surface area contributed by atoms with Crippen LogP contribution in [0, 0.1) is 10.4 Å². The molecule has 3 atom stereocenters. The Morgan fingerprint density at radius 2 is 2.11 bits per heavy atom. The lowest BCUT2D eigenvalue weighted by atomic mass is 10.3. The summed E-state index contributed by atoms with van der Waals surface area (Å²) < 4.78 is 0. The maximum atomic E-state index is 10.7. The van der Waals surface area contributed by atoms with Gasteiger partial charge in [-0.2, -0.15) is 0 Å².